The van der Waals surface area contributed by atoms with Crippen LogP contribution in [0.4, 0.5) is 0 Å². The Kier molecular flexibility index (Phi) is 8.89. The summed E-state index contributed by atoms with van der Waals surface area (Å²) in [6.07, 6.45) is 0.766. The molecule has 1 N–H and O–H groups in total. The Labute approximate surface area is 188 Å². The molecule has 0 aliphatic rings. The van der Waals surface area contributed by atoms with Gasteiger partial charge in [-0.3, -0.25) is 4.79 Å². The van der Waals surface area contributed by atoms with Crippen molar-refractivity contribution in [3.8, 4) is 17.2 Å². The lowest BCUT2D eigenvalue weighted by molar-refractivity contribution is -0.140. The lowest BCUT2D eigenvalue weighted by Gasteiger charge is -2.17. The topological polar surface area (TPSA) is 113 Å². The number of nitrogens with zero attached hydrogens (tertiary/aromatic N) is 1. The van der Waals surface area contributed by atoms with Crippen LogP contribution in [0.15, 0.2) is 46.4 Å². The van der Waals surface area contributed by atoms with E-state index in [0.717, 1.165) is 5.56 Å². The minimum atomic E-state index is -3.91. The van der Waals surface area contributed by atoms with Gasteiger partial charge in [0.05, 0.1) is 44.6 Å². The highest BCUT2D eigenvalue weighted by Gasteiger charge is 2.21. The largest absolute Gasteiger partial charge is 0.496 e. The Hall–Kier alpha value is -3.27. The number of aryl methyl sites for hydroxylation is 1. The Bertz CT molecular complexity index is 1040. The molecular weight excluding hydrogens is 436 g/mol. The zero-order valence-corrected chi connectivity index (χ0v) is 19.6. The molecule has 0 spiro atoms. The fraction of sp³-hybridized carbons (Fsp3) is 0.364. The van der Waals surface area contributed by atoms with E-state index in [1.807, 2.05) is 6.92 Å². The van der Waals surface area contributed by atoms with Gasteiger partial charge in [0.25, 0.3) is 10.0 Å². The van der Waals surface area contributed by atoms with Gasteiger partial charge in [-0.25, -0.2) is 0 Å². The summed E-state index contributed by atoms with van der Waals surface area (Å²) >= 11 is 0. The molecule has 0 bridgehead atoms. The number of rotatable bonds is 11. The lowest BCUT2D eigenvalue weighted by atomic mass is 10.0. The maximum absolute atomic E-state index is 12.7. The van der Waals surface area contributed by atoms with Gasteiger partial charge >= 0.3 is 5.97 Å². The molecule has 0 aliphatic carbocycles. The van der Waals surface area contributed by atoms with Crippen molar-refractivity contribution in [3.05, 3.63) is 47.5 Å². The Morgan fingerprint density at radius 2 is 1.53 bits per heavy atom. The van der Waals surface area contributed by atoms with Gasteiger partial charge in [0.2, 0.25) is 0 Å². The van der Waals surface area contributed by atoms with Crippen LogP contribution in [0.2, 0.25) is 0 Å². The van der Waals surface area contributed by atoms with Crippen LogP contribution in [-0.4, -0.2) is 48.5 Å². The van der Waals surface area contributed by atoms with E-state index in [0.29, 0.717) is 34.9 Å². The number of ether oxygens (including phenoxy) is 4. The monoisotopic (exact) mass is 464 g/mol. The molecular formula is C22H28N2O7S. The van der Waals surface area contributed by atoms with Crippen LogP contribution >= 0.6 is 0 Å². The predicted molar refractivity (Wildman–Crippen MR) is 120 cm³/mol. The van der Waals surface area contributed by atoms with Gasteiger partial charge < -0.3 is 18.9 Å². The summed E-state index contributed by atoms with van der Waals surface area (Å²) in [5.74, 6) is 0.884. The van der Waals surface area contributed by atoms with E-state index in [4.69, 9.17) is 14.2 Å². The third kappa shape index (κ3) is 6.36. The second kappa shape index (κ2) is 11.4. The summed E-state index contributed by atoms with van der Waals surface area (Å²) in [7, 11) is 1.85. The molecule has 0 unspecified atom stereocenters. The number of methoxy groups -OCH3 is 4. The number of carbonyl (C=O) groups is 1. The molecule has 2 aromatic carbocycles. The minimum Gasteiger partial charge on any atom is -0.496 e. The molecule has 0 radical (unpaired) electrons. The van der Waals surface area contributed by atoms with Crippen molar-refractivity contribution >= 4 is 21.7 Å². The number of esters is 1. The molecule has 0 heterocycles. The van der Waals surface area contributed by atoms with Gasteiger partial charge in [-0.2, -0.15) is 18.4 Å². The fourth-order valence-corrected chi connectivity index (χ4v) is 3.74. The van der Waals surface area contributed by atoms with Gasteiger partial charge in [-0.05, 0) is 31.9 Å². The Morgan fingerprint density at radius 3 is 2.03 bits per heavy atom. The number of sulfonamides is 1. The van der Waals surface area contributed by atoms with E-state index >= 15 is 0 Å². The molecule has 0 fully saturated rings. The fourth-order valence-electron chi connectivity index (χ4n) is 2.91. The summed E-state index contributed by atoms with van der Waals surface area (Å²) in [5.41, 5.74) is 1.72. The summed E-state index contributed by atoms with van der Waals surface area (Å²) < 4.78 is 46.4. The van der Waals surface area contributed by atoms with Crippen molar-refractivity contribution in [2.75, 3.05) is 28.4 Å². The smallest absolute Gasteiger partial charge is 0.305 e. The van der Waals surface area contributed by atoms with Crippen LogP contribution in [0.5, 0.6) is 17.2 Å². The second-order valence-corrected chi connectivity index (χ2v) is 8.46. The van der Waals surface area contributed by atoms with Crippen molar-refractivity contribution < 1.29 is 32.2 Å². The average molecular weight is 465 g/mol. The van der Waals surface area contributed by atoms with E-state index in [1.54, 1.807) is 24.3 Å². The highest BCUT2D eigenvalue weighted by Crippen LogP contribution is 2.35. The maximum Gasteiger partial charge on any atom is 0.305 e. The van der Waals surface area contributed by atoms with Crippen LogP contribution in [0.3, 0.4) is 0 Å². The second-order valence-electron chi connectivity index (χ2n) is 6.80. The van der Waals surface area contributed by atoms with Gasteiger partial charge in [0.1, 0.15) is 17.2 Å². The predicted octanol–water partition coefficient (Wildman–Crippen LogP) is 3.05. The third-order valence-corrected chi connectivity index (χ3v) is 5.88. The minimum absolute atomic E-state index is 0.0782. The Morgan fingerprint density at radius 1 is 0.938 bits per heavy atom. The van der Waals surface area contributed by atoms with Crippen LogP contribution in [0.25, 0.3) is 0 Å². The molecule has 2 aromatic rings. The number of benzene rings is 2. The standard InChI is InChI=1S/C22H28N2O7S/c1-15-9-11-17(12-10-15)32(26,27)24-23-18(7-6-8-21(25)31-5)22-19(29-3)13-16(28-2)14-20(22)30-4/h9-14,24H,6-8H2,1-5H3/b23-18+. The molecule has 0 aliphatic heterocycles. The highest BCUT2D eigenvalue weighted by molar-refractivity contribution is 7.89. The van der Waals surface area contributed by atoms with Gasteiger partial charge in [0.15, 0.2) is 0 Å². The van der Waals surface area contributed by atoms with Gasteiger partial charge in [-0.15, -0.1) is 0 Å². The first-order valence-electron chi connectivity index (χ1n) is 9.78. The molecule has 9 nitrogen and oxygen atoms in total. The van der Waals surface area contributed by atoms with Crippen molar-refractivity contribution in [1.29, 1.82) is 0 Å². The molecule has 32 heavy (non-hydrogen) atoms. The highest BCUT2D eigenvalue weighted by atomic mass is 32.2. The molecule has 0 amide bonds. The van der Waals surface area contributed by atoms with Crippen molar-refractivity contribution in [2.45, 2.75) is 31.1 Å². The maximum atomic E-state index is 12.7. The first-order valence-corrected chi connectivity index (χ1v) is 11.3. The molecule has 0 saturated heterocycles. The van der Waals surface area contributed by atoms with E-state index in [1.165, 1.54) is 40.6 Å². The number of hydrogen-bond donors (Lipinski definition) is 1. The Balaban J connectivity index is 2.48. The van der Waals surface area contributed by atoms with Crippen LogP contribution in [0.1, 0.15) is 30.4 Å². The van der Waals surface area contributed by atoms with Crippen molar-refractivity contribution in [3.63, 3.8) is 0 Å². The quantitative estimate of drug-likeness (QED) is 0.309. The number of hydrogen-bond acceptors (Lipinski definition) is 8. The SMILES string of the molecule is COC(=O)CCC/C(=N\NS(=O)(=O)c1ccc(C)cc1)c1c(OC)cc(OC)cc1OC. The molecule has 2 rings (SSSR count). The molecule has 10 heteroatoms. The third-order valence-electron chi connectivity index (χ3n) is 4.66. The first-order chi connectivity index (χ1) is 15.2. The van der Waals surface area contributed by atoms with Crippen molar-refractivity contribution in [1.82, 2.24) is 4.83 Å². The normalized spacial score (nSPS) is 11.6. The van der Waals surface area contributed by atoms with Crippen LogP contribution in [-0.2, 0) is 19.6 Å². The number of carbonyl (C=O) groups excluding carboxylic acids is 1. The van der Waals surface area contributed by atoms with E-state index in [2.05, 4.69) is 14.7 Å². The van der Waals surface area contributed by atoms with Gasteiger partial charge in [0, 0.05) is 18.6 Å². The summed E-state index contributed by atoms with van der Waals surface area (Å²) in [5, 5.41) is 4.19. The zero-order chi connectivity index (χ0) is 23.7. The molecule has 0 atom stereocenters. The van der Waals surface area contributed by atoms with E-state index in [-0.39, 0.29) is 23.7 Å². The van der Waals surface area contributed by atoms with Crippen LogP contribution < -0.4 is 19.0 Å². The molecule has 174 valence electrons. The summed E-state index contributed by atoms with van der Waals surface area (Å²) in [6.45, 7) is 1.86. The number of nitrogens with one attached hydrogen (secondary N) is 1. The summed E-state index contributed by atoms with van der Waals surface area (Å²) in [4.78, 5) is 13.9. The first kappa shape index (κ1) is 25.0. The van der Waals surface area contributed by atoms with Gasteiger partial charge in [-0.1, -0.05) is 17.7 Å². The summed E-state index contributed by atoms with van der Waals surface area (Å²) in [6, 6.07) is 9.68. The lowest BCUT2D eigenvalue weighted by Crippen LogP contribution is -2.21. The number of hydrazone groups is 1. The van der Waals surface area contributed by atoms with E-state index in [9.17, 15) is 13.2 Å². The molecule has 0 aromatic heterocycles. The van der Waals surface area contributed by atoms with E-state index < -0.39 is 10.0 Å². The van der Waals surface area contributed by atoms with Crippen molar-refractivity contribution in [2.24, 2.45) is 5.10 Å². The molecule has 0 saturated carbocycles. The zero-order valence-electron chi connectivity index (χ0n) is 18.8. The average Bonchev–Trinajstić information content (AvgIpc) is 2.80. The van der Waals surface area contributed by atoms with Crippen LogP contribution in [0, 0.1) is 6.92 Å².